The molecule has 0 unspecified atom stereocenters. The number of hydrogen-bond donors (Lipinski definition) is 2. The van der Waals surface area contributed by atoms with Gasteiger partial charge in [0.2, 0.25) is 0 Å². The van der Waals surface area contributed by atoms with Crippen molar-refractivity contribution in [2.75, 3.05) is 0 Å². The molecule has 0 atom stereocenters. The molecular formula is C10H7F3N4OS2. The molecule has 106 valence electrons. The zero-order valence-electron chi connectivity index (χ0n) is 9.63. The summed E-state index contributed by atoms with van der Waals surface area (Å²) in [4.78, 5) is 4.31. The van der Waals surface area contributed by atoms with E-state index in [9.17, 15) is 13.2 Å². The van der Waals surface area contributed by atoms with E-state index in [1.165, 1.54) is 12.4 Å². The highest BCUT2D eigenvalue weighted by Crippen LogP contribution is 2.35. The van der Waals surface area contributed by atoms with E-state index in [1.54, 1.807) is 0 Å². The number of rotatable bonds is 3. The molecular weight excluding hydrogens is 313 g/mol. The van der Waals surface area contributed by atoms with E-state index in [2.05, 4.69) is 14.5 Å². The molecule has 0 amide bonds. The third-order valence-electron chi connectivity index (χ3n) is 2.23. The van der Waals surface area contributed by atoms with Crippen LogP contribution in [0.5, 0.6) is 0 Å². The van der Waals surface area contributed by atoms with E-state index in [-0.39, 0.29) is 5.56 Å². The van der Waals surface area contributed by atoms with Crippen LogP contribution in [0, 0.1) is 0 Å². The number of halogens is 3. The van der Waals surface area contributed by atoms with E-state index in [1.807, 2.05) is 0 Å². The second-order valence-electron chi connectivity index (χ2n) is 3.50. The van der Waals surface area contributed by atoms with Gasteiger partial charge < -0.3 is 10.9 Å². The molecule has 2 aromatic rings. The maximum absolute atomic E-state index is 12.7. The van der Waals surface area contributed by atoms with Crippen molar-refractivity contribution in [1.29, 1.82) is 0 Å². The van der Waals surface area contributed by atoms with Crippen molar-refractivity contribution in [2.24, 2.45) is 10.9 Å². The Kier molecular flexibility index (Phi) is 4.14. The van der Waals surface area contributed by atoms with E-state index >= 15 is 0 Å². The van der Waals surface area contributed by atoms with E-state index in [4.69, 9.17) is 10.9 Å². The molecule has 3 N–H and O–H groups in total. The average Bonchev–Trinajstić information content (AvgIpc) is 2.90. The lowest BCUT2D eigenvalue weighted by Gasteiger charge is -2.11. The van der Waals surface area contributed by atoms with Crippen molar-refractivity contribution in [2.45, 2.75) is 15.4 Å². The maximum Gasteiger partial charge on any atom is 0.416 e. The molecule has 5 nitrogen and oxygen atoms in total. The first-order chi connectivity index (χ1) is 9.41. The molecule has 0 aliphatic carbocycles. The SMILES string of the molecule is N/C(=N/O)c1cc(C(F)(F)F)ccc1Sc1ncns1. The van der Waals surface area contributed by atoms with Gasteiger partial charge in [-0.2, -0.15) is 17.5 Å². The van der Waals surface area contributed by atoms with Crippen LogP contribution in [-0.2, 0) is 6.18 Å². The van der Waals surface area contributed by atoms with Crippen LogP contribution in [0.4, 0.5) is 13.2 Å². The van der Waals surface area contributed by atoms with Gasteiger partial charge in [-0.1, -0.05) is 16.9 Å². The van der Waals surface area contributed by atoms with E-state index in [0.717, 1.165) is 35.4 Å². The van der Waals surface area contributed by atoms with Crippen molar-refractivity contribution in [3.05, 3.63) is 35.7 Å². The lowest BCUT2D eigenvalue weighted by atomic mass is 10.1. The average molecular weight is 320 g/mol. The summed E-state index contributed by atoms with van der Waals surface area (Å²) in [5.41, 5.74) is 4.54. The van der Waals surface area contributed by atoms with Crippen LogP contribution < -0.4 is 5.73 Å². The Morgan fingerprint density at radius 1 is 1.40 bits per heavy atom. The number of benzene rings is 1. The summed E-state index contributed by atoms with van der Waals surface area (Å²) in [5, 5.41) is 11.4. The summed E-state index contributed by atoms with van der Waals surface area (Å²) in [5.74, 6) is -0.400. The quantitative estimate of drug-likeness (QED) is 0.393. The van der Waals surface area contributed by atoms with Crippen molar-refractivity contribution < 1.29 is 18.4 Å². The molecule has 0 aliphatic rings. The summed E-state index contributed by atoms with van der Waals surface area (Å²) in [6.45, 7) is 0. The highest BCUT2D eigenvalue weighted by Gasteiger charge is 2.31. The Bertz CT molecular complexity index is 628. The zero-order chi connectivity index (χ0) is 14.8. The Morgan fingerprint density at radius 3 is 2.70 bits per heavy atom. The summed E-state index contributed by atoms with van der Waals surface area (Å²) < 4.78 is 42.3. The standard InChI is InChI=1S/C10H7F3N4OS2/c11-10(12,13)5-1-2-7(6(3-5)8(14)17-18)19-9-15-4-16-20-9/h1-4,18H,(H2,14,17). The Labute approximate surface area is 119 Å². The van der Waals surface area contributed by atoms with Gasteiger partial charge >= 0.3 is 6.18 Å². The van der Waals surface area contributed by atoms with Gasteiger partial charge in [0.1, 0.15) is 6.33 Å². The molecule has 20 heavy (non-hydrogen) atoms. The maximum atomic E-state index is 12.7. The number of nitrogens with two attached hydrogens (primary N) is 1. The van der Waals surface area contributed by atoms with Gasteiger partial charge in [0.25, 0.3) is 0 Å². The van der Waals surface area contributed by atoms with Crippen LogP contribution in [0.2, 0.25) is 0 Å². The Balaban J connectivity index is 2.46. The molecule has 0 radical (unpaired) electrons. The number of oxime groups is 1. The normalized spacial score (nSPS) is 12.7. The summed E-state index contributed by atoms with van der Waals surface area (Å²) in [6.07, 6.45) is -3.17. The number of nitrogens with zero attached hydrogens (tertiary/aromatic N) is 3. The number of alkyl halides is 3. The van der Waals surface area contributed by atoms with Crippen LogP contribution in [0.1, 0.15) is 11.1 Å². The minimum atomic E-state index is -4.50. The summed E-state index contributed by atoms with van der Waals surface area (Å²) in [7, 11) is 0. The van der Waals surface area contributed by atoms with Crippen molar-refractivity contribution >= 4 is 29.1 Å². The van der Waals surface area contributed by atoms with Gasteiger partial charge in [0.15, 0.2) is 10.2 Å². The molecule has 1 aromatic heterocycles. The first-order valence-electron chi connectivity index (χ1n) is 5.05. The highest BCUT2D eigenvalue weighted by atomic mass is 32.2. The Morgan fingerprint density at radius 2 is 2.15 bits per heavy atom. The third kappa shape index (κ3) is 3.20. The second kappa shape index (κ2) is 5.67. The molecule has 0 bridgehead atoms. The molecule has 1 heterocycles. The number of amidine groups is 1. The molecule has 0 fully saturated rings. The van der Waals surface area contributed by atoms with Gasteiger partial charge in [-0.3, -0.25) is 0 Å². The topological polar surface area (TPSA) is 84.4 Å². The fraction of sp³-hybridized carbons (Fsp3) is 0.100. The molecule has 0 saturated carbocycles. The van der Waals surface area contributed by atoms with Gasteiger partial charge in [0.05, 0.1) is 5.56 Å². The molecule has 0 spiro atoms. The van der Waals surface area contributed by atoms with Gasteiger partial charge in [-0.05, 0) is 29.7 Å². The Hall–Kier alpha value is -1.81. The van der Waals surface area contributed by atoms with Gasteiger partial charge in [0, 0.05) is 10.5 Å². The predicted molar refractivity (Wildman–Crippen MR) is 68.0 cm³/mol. The minimum Gasteiger partial charge on any atom is -0.409 e. The van der Waals surface area contributed by atoms with Crippen LogP contribution in [0.25, 0.3) is 0 Å². The van der Waals surface area contributed by atoms with Crippen molar-refractivity contribution in [3.63, 3.8) is 0 Å². The van der Waals surface area contributed by atoms with E-state index < -0.39 is 17.6 Å². The second-order valence-corrected chi connectivity index (χ2v) is 5.57. The van der Waals surface area contributed by atoms with Crippen molar-refractivity contribution in [3.8, 4) is 0 Å². The first kappa shape index (κ1) is 14.6. The summed E-state index contributed by atoms with van der Waals surface area (Å²) in [6, 6.07) is 3.01. The van der Waals surface area contributed by atoms with E-state index in [0.29, 0.717) is 9.24 Å². The van der Waals surface area contributed by atoms with Crippen LogP contribution in [-0.4, -0.2) is 20.4 Å². The van der Waals surface area contributed by atoms with Crippen molar-refractivity contribution in [1.82, 2.24) is 9.36 Å². The summed E-state index contributed by atoms with van der Waals surface area (Å²) >= 11 is 2.18. The van der Waals surface area contributed by atoms with Gasteiger partial charge in [-0.25, -0.2) is 4.98 Å². The lowest BCUT2D eigenvalue weighted by molar-refractivity contribution is -0.137. The first-order valence-corrected chi connectivity index (χ1v) is 6.64. The monoisotopic (exact) mass is 320 g/mol. The van der Waals surface area contributed by atoms with Gasteiger partial charge in [-0.15, -0.1) is 0 Å². The lowest BCUT2D eigenvalue weighted by Crippen LogP contribution is -2.16. The third-order valence-corrected chi connectivity index (χ3v) is 4.02. The smallest absolute Gasteiger partial charge is 0.409 e. The largest absolute Gasteiger partial charge is 0.416 e. The fourth-order valence-corrected chi connectivity index (χ4v) is 2.88. The molecule has 0 saturated heterocycles. The number of hydrogen-bond acceptors (Lipinski definition) is 6. The molecule has 0 aliphatic heterocycles. The van der Waals surface area contributed by atoms with Crippen LogP contribution in [0.15, 0.2) is 38.9 Å². The molecule has 1 aromatic carbocycles. The zero-order valence-corrected chi connectivity index (χ0v) is 11.3. The fourth-order valence-electron chi connectivity index (χ4n) is 1.35. The van der Waals surface area contributed by atoms with Crippen LogP contribution in [0.3, 0.4) is 0 Å². The molecule has 10 heteroatoms. The highest BCUT2D eigenvalue weighted by molar-refractivity contribution is 8.01. The predicted octanol–water partition coefficient (Wildman–Crippen LogP) is 2.80. The van der Waals surface area contributed by atoms with Crippen LogP contribution >= 0.6 is 23.3 Å². The molecule has 2 rings (SSSR count). The minimum absolute atomic E-state index is 0.0116. The number of aromatic nitrogens is 2.